The number of nitrogens with zero attached hydrogens (tertiary/aromatic N) is 3. The highest BCUT2D eigenvalue weighted by Gasteiger charge is 2.34. The third-order valence-corrected chi connectivity index (χ3v) is 4.64. The fraction of sp³-hybridized carbons (Fsp3) is 0.632. The highest BCUT2D eigenvalue weighted by atomic mass is 16.5. The Morgan fingerprint density at radius 3 is 2.57 bits per heavy atom. The molecule has 0 spiro atoms. The van der Waals surface area contributed by atoms with Gasteiger partial charge in [0.2, 0.25) is 5.96 Å². The number of benzene rings is 1. The topological polar surface area (TPSA) is 28.1 Å². The number of rotatable bonds is 10. The van der Waals surface area contributed by atoms with E-state index in [0.717, 1.165) is 32.1 Å². The van der Waals surface area contributed by atoms with Crippen LogP contribution < -0.4 is 9.80 Å². The van der Waals surface area contributed by atoms with Crippen LogP contribution in [0.5, 0.6) is 0 Å². The van der Waals surface area contributed by atoms with Crippen molar-refractivity contribution in [1.82, 2.24) is 0 Å². The summed E-state index contributed by atoms with van der Waals surface area (Å²) in [5.74, 6) is 1.06. The molecule has 0 amide bonds. The first-order valence-electron chi connectivity index (χ1n) is 9.18. The standard InChI is InChI=1S/C19H29N3O/c1-2-3-4-5-6-7-10-15-23-16-22-18-12-9-8-11-17(18)21-14-13-20-19(21)22/h8-9,11-12H,2-7,10,13-16H2,1H3. The fourth-order valence-corrected chi connectivity index (χ4v) is 3.37. The van der Waals surface area contributed by atoms with E-state index in [1.54, 1.807) is 0 Å². The van der Waals surface area contributed by atoms with Gasteiger partial charge < -0.3 is 9.64 Å². The first-order valence-corrected chi connectivity index (χ1v) is 9.18. The van der Waals surface area contributed by atoms with Gasteiger partial charge in [0, 0.05) is 13.2 Å². The molecule has 0 aliphatic carbocycles. The first kappa shape index (κ1) is 16.3. The van der Waals surface area contributed by atoms with Crippen molar-refractivity contribution in [3.05, 3.63) is 24.3 Å². The van der Waals surface area contributed by atoms with Crippen LogP contribution in [0.3, 0.4) is 0 Å². The number of aliphatic imine (C=N–C) groups is 1. The van der Waals surface area contributed by atoms with E-state index in [1.165, 1.54) is 49.9 Å². The molecule has 1 aromatic rings. The Hall–Kier alpha value is -1.55. The number of hydrogen-bond acceptors (Lipinski definition) is 4. The molecule has 0 atom stereocenters. The van der Waals surface area contributed by atoms with Crippen LogP contribution in [0.4, 0.5) is 11.4 Å². The first-order chi connectivity index (χ1) is 11.4. The maximum atomic E-state index is 5.93. The van der Waals surface area contributed by atoms with Crippen LogP contribution in [0, 0.1) is 0 Å². The molecule has 3 rings (SSSR count). The Bertz CT molecular complexity index is 529. The second-order valence-corrected chi connectivity index (χ2v) is 6.41. The third kappa shape index (κ3) is 3.86. The molecule has 0 bridgehead atoms. The zero-order valence-electron chi connectivity index (χ0n) is 14.3. The number of para-hydroxylation sites is 2. The van der Waals surface area contributed by atoms with Crippen LogP contribution >= 0.6 is 0 Å². The highest BCUT2D eigenvalue weighted by molar-refractivity contribution is 6.16. The minimum Gasteiger partial charge on any atom is -0.361 e. The predicted octanol–water partition coefficient (Wildman–Crippen LogP) is 4.41. The van der Waals surface area contributed by atoms with E-state index in [0.29, 0.717) is 6.73 Å². The maximum Gasteiger partial charge on any atom is 0.207 e. The largest absolute Gasteiger partial charge is 0.361 e. The molecule has 4 nitrogen and oxygen atoms in total. The van der Waals surface area contributed by atoms with E-state index in [-0.39, 0.29) is 0 Å². The summed E-state index contributed by atoms with van der Waals surface area (Å²) in [5.41, 5.74) is 2.49. The van der Waals surface area contributed by atoms with Crippen molar-refractivity contribution in [2.24, 2.45) is 4.99 Å². The molecule has 0 radical (unpaired) electrons. The molecule has 0 fully saturated rings. The van der Waals surface area contributed by atoms with Gasteiger partial charge in [-0.05, 0) is 18.6 Å². The van der Waals surface area contributed by atoms with Crippen LogP contribution in [-0.2, 0) is 4.74 Å². The Labute approximate surface area is 140 Å². The lowest BCUT2D eigenvalue weighted by molar-refractivity contribution is 0.137. The van der Waals surface area contributed by atoms with Gasteiger partial charge in [-0.25, -0.2) is 0 Å². The highest BCUT2D eigenvalue weighted by Crippen LogP contribution is 2.38. The lowest BCUT2D eigenvalue weighted by Crippen LogP contribution is -2.36. The average Bonchev–Trinajstić information content (AvgIpc) is 3.15. The molecular formula is C19H29N3O. The molecule has 126 valence electrons. The van der Waals surface area contributed by atoms with Gasteiger partial charge in [0.1, 0.15) is 6.73 Å². The molecule has 0 unspecified atom stereocenters. The van der Waals surface area contributed by atoms with Gasteiger partial charge in [-0.3, -0.25) is 9.89 Å². The summed E-state index contributed by atoms with van der Waals surface area (Å²) in [6, 6.07) is 8.52. The van der Waals surface area contributed by atoms with E-state index in [9.17, 15) is 0 Å². The third-order valence-electron chi connectivity index (χ3n) is 4.64. The summed E-state index contributed by atoms with van der Waals surface area (Å²) in [6.45, 7) is 5.60. The van der Waals surface area contributed by atoms with Crippen LogP contribution in [0.1, 0.15) is 51.9 Å². The molecule has 0 aromatic heterocycles. The molecule has 4 heteroatoms. The predicted molar refractivity (Wildman–Crippen MR) is 97.4 cm³/mol. The molecule has 2 aliphatic rings. The number of guanidine groups is 1. The zero-order chi connectivity index (χ0) is 15.9. The van der Waals surface area contributed by atoms with Crippen LogP contribution in [0.15, 0.2) is 29.3 Å². The molecule has 1 aromatic carbocycles. The number of hydrogen-bond donors (Lipinski definition) is 0. The molecule has 0 N–H and O–H groups in total. The molecule has 2 heterocycles. The van der Waals surface area contributed by atoms with Crippen molar-refractivity contribution in [2.45, 2.75) is 51.9 Å². The number of anilines is 2. The van der Waals surface area contributed by atoms with Crippen molar-refractivity contribution in [2.75, 3.05) is 36.2 Å². The summed E-state index contributed by atoms with van der Waals surface area (Å²) in [6.07, 6.45) is 9.25. The second-order valence-electron chi connectivity index (χ2n) is 6.41. The fourth-order valence-electron chi connectivity index (χ4n) is 3.37. The smallest absolute Gasteiger partial charge is 0.207 e. The van der Waals surface area contributed by atoms with Gasteiger partial charge in [0.25, 0.3) is 0 Å². The minimum atomic E-state index is 0.613. The van der Waals surface area contributed by atoms with Crippen molar-refractivity contribution < 1.29 is 4.74 Å². The van der Waals surface area contributed by atoms with Crippen molar-refractivity contribution in [3.63, 3.8) is 0 Å². The van der Waals surface area contributed by atoms with Gasteiger partial charge in [0.05, 0.1) is 17.9 Å². The number of unbranched alkanes of at least 4 members (excludes halogenated alkanes) is 6. The number of fused-ring (bicyclic) bond motifs is 3. The Morgan fingerprint density at radius 2 is 1.74 bits per heavy atom. The summed E-state index contributed by atoms with van der Waals surface area (Å²) in [4.78, 5) is 9.15. The molecule has 2 aliphatic heterocycles. The van der Waals surface area contributed by atoms with E-state index < -0.39 is 0 Å². The van der Waals surface area contributed by atoms with Gasteiger partial charge in [0.15, 0.2) is 0 Å². The Balaban J connectivity index is 1.39. The Morgan fingerprint density at radius 1 is 1.00 bits per heavy atom. The lowest BCUT2D eigenvalue weighted by Gasteiger charge is -2.19. The summed E-state index contributed by atoms with van der Waals surface area (Å²) in [5, 5.41) is 0. The van der Waals surface area contributed by atoms with Gasteiger partial charge in [-0.15, -0.1) is 0 Å². The van der Waals surface area contributed by atoms with Gasteiger partial charge in [-0.2, -0.15) is 0 Å². The Kier molecular flexibility index (Phi) is 5.92. The van der Waals surface area contributed by atoms with E-state index in [2.05, 4.69) is 46.0 Å². The van der Waals surface area contributed by atoms with Crippen LogP contribution in [0.25, 0.3) is 0 Å². The van der Waals surface area contributed by atoms with Crippen molar-refractivity contribution >= 4 is 17.3 Å². The quantitative estimate of drug-likeness (QED) is 0.599. The van der Waals surface area contributed by atoms with Crippen molar-refractivity contribution in [3.8, 4) is 0 Å². The van der Waals surface area contributed by atoms with E-state index in [4.69, 9.17) is 4.74 Å². The summed E-state index contributed by atoms with van der Waals surface area (Å²) in [7, 11) is 0. The minimum absolute atomic E-state index is 0.613. The molecule has 0 saturated heterocycles. The molecule has 23 heavy (non-hydrogen) atoms. The zero-order valence-corrected chi connectivity index (χ0v) is 14.3. The van der Waals surface area contributed by atoms with Crippen LogP contribution in [0.2, 0.25) is 0 Å². The maximum absolute atomic E-state index is 5.93. The van der Waals surface area contributed by atoms with Crippen LogP contribution in [-0.4, -0.2) is 32.4 Å². The number of ether oxygens (including phenoxy) is 1. The normalized spacial score (nSPS) is 15.8. The monoisotopic (exact) mass is 315 g/mol. The summed E-state index contributed by atoms with van der Waals surface area (Å²) >= 11 is 0. The molecular weight excluding hydrogens is 286 g/mol. The van der Waals surface area contributed by atoms with Gasteiger partial charge >= 0.3 is 0 Å². The summed E-state index contributed by atoms with van der Waals surface area (Å²) < 4.78 is 5.93. The second kappa shape index (κ2) is 8.34. The lowest BCUT2D eigenvalue weighted by atomic mass is 10.1. The SMILES string of the molecule is CCCCCCCCCOCN1C2=NCCN2c2ccccc21. The van der Waals surface area contributed by atoms with E-state index in [1.807, 2.05) is 0 Å². The van der Waals surface area contributed by atoms with E-state index >= 15 is 0 Å². The van der Waals surface area contributed by atoms with Crippen molar-refractivity contribution in [1.29, 1.82) is 0 Å². The molecule has 0 saturated carbocycles. The van der Waals surface area contributed by atoms with Gasteiger partial charge in [-0.1, -0.05) is 57.6 Å². The average molecular weight is 315 g/mol.